The summed E-state index contributed by atoms with van der Waals surface area (Å²) in [6.45, 7) is 1.23. The van der Waals surface area contributed by atoms with Crippen LogP contribution in [0.5, 0.6) is 11.5 Å². The van der Waals surface area contributed by atoms with E-state index in [0.717, 1.165) is 5.56 Å². The molecule has 23 heavy (non-hydrogen) atoms. The Labute approximate surface area is 140 Å². The fourth-order valence-electron chi connectivity index (χ4n) is 2.32. The fraction of sp³-hybridized carbons (Fsp3) is 0.250. The Morgan fingerprint density at radius 3 is 2.61 bits per heavy atom. The molecule has 1 aliphatic rings. The van der Waals surface area contributed by atoms with Gasteiger partial charge >= 0.3 is 0 Å². The predicted octanol–water partition coefficient (Wildman–Crippen LogP) is 2.63. The maximum absolute atomic E-state index is 12.1. The minimum atomic E-state index is -3.50. The average molecular weight is 354 g/mol. The van der Waals surface area contributed by atoms with Crippen molar-refractivity contribution in [3.8, 4) is 11.5 Å². The van der Waals surface area contributed by atoms with Crippen LogP contribution in [0.1, 0.15) is 5.56 Å². The molecule has 0 unspecified atom stereocenters. The van der Waals surface area contributed by atoms with Gasteiger partial charge in [0.05, 0.1) is 9.92 Å². The molecule has 0 amide bonds. The first-order valence-electron chi connectivity index (χ1n) is 7.19. The normalized spacial score (nSPS) is 13.8. The molecule has 7 heteroatoms. The van der Waals surface area contributed by atoms with E-state index in [1.165, 1.54) is 0 Å². The van der Waals surface area contributed by atoms with Crippen molar-refractivity contribution in [2.45, 2.75) is 11.3 Å². The first kappa shape index (κ1) is 16.1. The van der Waals surface area contributed by atoms with Crippen LogP contribution >= 0.6 is 11.6 Å². The molecule has 5 nitrogen and oxygen atoms in total. The van der Waals surface area contributed by atoms with Gasteiger partial charge in [0.2, 0.25) is 10.0 Å². The summed E-state index contributed by atoms with van der Waals surface area (Å²) in [7, 11) is -3.50. The molecule has 2 aromatic carbocycles. The Hall–Kier alpha value is -1.76. The Bertz CT molecular complexity index is 793. The van der Waals surface area contributed by atoms with Crippen LogP contribution in [0, 0.1) is 0 Å². The van der Waals surface area contributed by atoms with Gasteiger partial charge in [0, 0.05) is 6.54 Å². The molecule has 1 N–H and O–H groups in total. The van der Waals surface area contributed by atoms with Gasteiger partial charge in [0.15, 0.2) is 11.5 Å². The number of hydrogen-bond donors (Lipinski definition) is 1. The molecule has 1 heterocycles. The minimum Gasteiger partial charge on any atom is -0.486 e. The largest absolute Gasteiger partial charge is 0.486 e. The molecule has 0 aliphatic carbocycles. The van der Waals surface area contributed by atoms with Gasteiger partial charge in [-0.25, -0.2) is 13.1 Å². The summed E-state index contributed by atoms with van der Waals surface area (Å²) < 4.78 is 37.8. The molecule has 2 aromatic rings. The molecule has 1 aliphatic heterocycles. The van der Waals surface area contributed by atoms with Crippen molar-refractivity contribution in [3.05, 3.63) is 53.1 Å². The average Bonchev–Trinajstić information content (AvgIpc) is 2.56. The third-order valence-electron chi connectivity index (χ3n) is 3.42. The van der Waals surface area contributed by atoms with Crippen molar-refractivity contribution in [2.75, 3.05) is 19.8 Å². The molecular formula is C16H16ClNO4S. The van der Waals surface area contributed by atoms with Crippen molar-refractivity contribution < 1.29 is 17.9 Å². The van der Waals surface area contributed by atoms with Crippen LogP contribution in [0.3, 0.4) is 0 Å². The second-order valence-corrected chi connectivity index (χ2v) is 7.24. The maximum Gasteiger partial charge on any atom is 0.240 e. The SMILES string of the molecule is O=S(=O)(NCCc1cc(Cl)c2c(c1)OCCO2)c1ccccc1. The van der Waals surface area contributed by atoms with E-state index in [4.69, 9.17) is 21.1 Å². The van der Waals surface area contributed by atoms with Gasteiger partial charge in [0.25, 0.3) is 0 Å². The monoisotopic (exact) mass is 353 g/mol. The molecule has 0 spiro atoms. The van der Waals surface area contributed by atoms with E-state index in [-0.39, 0.29) is 11.4 Å². The Morgan fingerprint density at radius 2 is 1.83 bits per heavy atom. The molecule has 3 rings (SSSR count). The number of fused-ring (bicyclic) bond motifs is 1. The zero-order valence-corrected chi connectivity index (χ0v) is 13.9. The highest BCUT2D eigenvalue weighted by Crippen LogP contribution is 2.38. The molecular weight excluding hydrogens is 338 g/mol. The molecule has 0 fully saturated rings. The molecule has 0 aromatic heterocycles. The van der Waals surface area contributed by atoms with Gasteiger partial charge in [0.1, 0.15) is 13.2 Å². The number of ether oxygens (including phenoxy) is 2. The van der Waals surface area contributed by atoms with E-state index in [2.05, 4.69) is 4.72 Å². The number of benzene rings is 2. The topological polar surface area (TPSA) is 64.6 Å². The third kappa shape index (κ3) is 3.77. The van der Waals surface area contributed by atoms with Crippen LogP contribution in [-0.2, 0) is 16.4 Å². The fourth-order valence-corrected chi connectivity index (χ4v) is 3.66. The van der Waals surface area contributed by atoms with Gasteiger partial charge < -0.3 is 9.47 Å². The van der Waals surface area contributed by atoms with E-state index < -0.39 is 10.0 Å². The predicted molar refractivity (Wildman–Crippen MR) is 87.8 cm³/mol. The van der Waals surface area contributed by atoms with E-state index in [1.54, 1.807) is 36.4 Å². The lowest BCUT2D eigenvalue weighted by molar-refractivity contribution is 0.171. The summed E-state index contributed by atoms with van der Waals surface area (Å²) in [6.07, 6.45) is 0.502. The van der Waals surface area contributed by atoms with Crippen LogP contribution in [0.25, 0.3) is 0 Å². The van der Waals surface area contributed by atoms with Gasteiger partial charge in [-0.1, -0.05) is 29.8 Å². The highest BCUT2D eigenvalue weighted by atomic mass is 35.5. The zero-order valence-electron chi connectivity index (χ0n) is 12.3. The van der Waals surface area contributed by atoms with E-state index in [9.17, 15) is 8.42 Å². The summed E-state index contributed by atoms with van der Waals surface area (Å²) in [4.78, 5) is 0.250. The Kier molecular flexibility index (Phi) is 4.75. The first-order valence-corrected chi connectivity index (χ1v) is 9.05. The second-order valence-electron chi connectivity index (χ2n) is 5.06. The van der Waals surface area contributed by atoms with Crippen LogP contribution in [0.15, 0.2) is 47.4 Å². The molecule has 0 radical (unpaired) electrons. The summed E-state index contributed by atoms with van der Waals surface area (Å²) >= 11 is 6.17. The van der Waals surface area contributed by atoms with Crippen molar-refractivity contribution in [3.63, 3.8) is 0 Å². The number of halogens is 1. The summed E-state index contributed by atoms with van der Waals surface area (Å²) in [5.41, 5.74) is 0.884. The zero-order chi connectivity index (χ0) is 16.3. The lowest BCUT2D eigenvalue weighted by Crippen LogP contribution is -2.26. The molecule has 0 saturated carbocycles. The van der Waals surface area contributed by atoms with Crippen molar-refractivity contribution in [2.24, 2.45) is 0 Å². The lowest BCUT2D eigenvalue weighted by Gasteiger charge is -2.20. The van der Waals surface area contributed by atoms with E-state index in [1.807, 2.05) is 6.07 Å². The van der Waals surface area contributed by atoms with E-state index >= 15 is 0 Å². The standard InChI is InChI=1S/C16H16ClNO4S/c17-14-10-12(11-15-16(14)22-9-8-21-15)6-7-18-23(19,20)13-4-2-1-3-5-13/h1-5,10-11,18H,6-9H2. The molecule has 0 bridgehead atoms. The highest BCUT2D eigenvalue weighted by Gasteiger charge is 2.17. The van der Waals surface area contributed by atoms with Gasteiger partial charge in [-0.3, -0.25) is 0 Å². The highest BCUT2D eigenvalue weighted by molar-refractivity contribution is 7.89. The van der Waals surface area contributed by atoms with Crippen molar-refractivity contribution in [1.82, 2.24) is 4.72 Å². The third-order valence-corrected chi connectivity index (χ3v) is 5.17. The van der Waals surface area contributed by atoms with Crippen molar-refractivity contribution in [1.29, 1.82) is 0 Å². The Balaban J connectivity index is 1.66. The smallest absolute Gasteiger partial charge is 0.240 e. The number of hydrogen-bond acceptors (Lipinski definition) is 4. The van der Waals surface area contributed by atoms with Crippen LogP contribution in [-0.4, -0.2) is 28.2 Å². The molecule has 122 valence electrons. The second kappa shape index (κ2) is 6.78. The Morgan fingerprint density at radius 1 is 1.09 bits per heavy atom. The van der Waals surface area contributed by atoms with Gasteiger partial charge in [-0.2, -0.15) is 0 Å². The lowest BCUT2D eigenvalue weighted by atomic mass is 10.1. The van der Waals surface area contributed by atoms with Gasteiger partial charge in [-0.05, 0) is 36.2 Å². The van der Waals surface area contributed by atoms with E-state index in [0.29, 0.717) is 36.2 Å². The minimum absolute atomic E-state index is 0.250. The summed E-state index contributed by atoms with van der Waals surface area (Å²) in [5.74, 6) is 1.15. The van der Waals surface area contributed by atoms with Crippen LogP contribution in [0.4, 0.5) is 0 Å². The number of nitrogens with one attached hydrogen (secondary N) is 1. The van der Waals surface area contributed by atoms with Gasteiger partial charge in [-0.15, -0.1) is 0 Å². The van der Waals surface area contributed by atoms with Crippen LogP contribution < -0.4 is 14.2 Å². The number of rotatable bonds is 5. The molecule has 0 saturated heterocycles. The summed E-state index contributed by atoms with van der Waals surface area (Å²) in [5, 5.41) is 0.475. The molecule has 0 atom stereocenters. The van der Waals surface area contributed by atoms with Crippen molar-refractivity contribution >= 4 is 21.6 Å². The maximum atomic E-state index is 12.1. The first-order chi connectivity index (χ1) is 11.1. The number of sulfonamides is 1. The van der Waals surface area contributed by atoms with Crippen LogP contribution in [0.2, 0.25) is 5.02 Å². The quantitative estimate of drug-likeness (QED) is 0.897. The summed E-state index contributed by atoms with van der Waals surface area (Å²) in [6, 6.07) is 11.9.